The summed E-state index contributed by atoms with van der Waals surface area (Å²) in [7, 11) is 2.27. The molecule has 1 aromatic carbocycles. The van der Waals surface area contributed by atoms with E-state index in [1.165, 1.54) is 51.0 Å². The zero-order valence-corrected chi connectivity index (χ0v) is 12.5. The number of hydrogen-bond acceptors (Lipinski definition) is 2. The van der Waals surface area contributed by atoms with Gasteiger partial charge in [-0.3, -0.25) is 4.90 Å². The summed E-state index contributed by atoms with van der Waals surface area (Å²) in [5.41, 5.74) is 1.95. The van der Waals surface area contributed by atoms with Crippen LogP contribution in [0.3, 0.4) is 0 Å². The van der Waals surface area contributed by atoms with Crippen LogP contribution >= 0.6 is 11.6 Å². The van der Waals surface area contributed by atoms with Crippen LogP contribution in [0.25, 0.3) is 0 Å². The fourth-order valence-electron chi connectivity index (χ4n) is 3.80. The summed E-state index contributed by atoms with van der Waals surface area (Å²) in [6.07, 6.45) is 4.14. The highest BCUT2D eigenvalue weighted by Crippen LogP contribution is 2.38. The minimum Gasteiger partial charge on any atom is -0.306 e. The highest BCUT2D eigenvalue weighted by Gasteiger charge is 2.40. The third-order valence-electron chi connectivity index (χ3n) is 4.69. The summed E-state index contributed by atoms with van der Waals surface area (Å²) >= 11 is 5.94. The zero-order valence-electron chi connectivity index (χ0n) is 11.7. The van der Waals surface area contributed by atoms with Crippen molar-refractivity contribution in [1.29, 1.82) is 0 Å². The Morgan fingerprint density at radius 3 is 2.63 bits per heavy atom. The van der Waals surface area contributed by atoms with Crippen LogP contribution in [-0.4, -0.2) is 43.0 Å². The lowest BCUT2D eigenvalue weighted by molar-refractivity contribution is 0.112. The van der Waals surface area contributed by atoms with E-state index in [0.29, 0.717) is 5.41 Å². The Bertz CT molecular complexity index is 431. The van der Waals surface area contributed by atoms with Gasteiger partial charge in [0.25, 0.3) is 0 Å². The fourth-order valence-corrected chi connectivity index (χ4v) is 3.92. The Morgan fingerprint density at radius 1 is 1.11 bits per heavy atom. The Kier molecular flexibility index (Phi) is 3.84. The molecule has 3 heteroatoms. The van der Waals surface area contributed by atoms with Gasteiger partial charge in [0.05, 0.1) is 0 Å². The van der Waals surface area contributed by atoms with Crippen LogP contribution in [-0.2, 0) is 6.54 Å². The van der Waals surface area contributed by atoms with Gasteiger partial charge in [0.1, 0.15) is 0 Å². The van der Waals surface area contributed by atoms with Crippen molar-refractivity contribution in [1.82, 2.24) is 9.80 Å². The van der Waals surface area contributed by atoms with E-state index in [2.05, 4.69) is 29.0 Å². The molecule has 0 saturated carbocycles. The van der Waals surface area contributed by atoms with E-state index in [9.17, 15) is 0 Å². The van der Waals surface area contributed by atoms with Crippen molar-refractivity contribution >= 4 is 11.6 Å². The van der Waals surface area contributed by atoms with E-state index < -0.39 is 0 Å². The predicted octanol–water partition coefficient (Wildman–Crippen LogP) is 3.26. The molecule has 19 heavy (non-hydrogen) atoms. The maximum absolute atomic E-state index is 5.94. The van der Waals surface area contributed by atoms with Crippen molar-refractivity contribution in [2.24, 2.45) is 5.41 Å². The van der Waals surface area contributed by atoms with Gasteiger partial charge in [0.2, 0.25) is 0 Å². The molecular formula is C16H23ClN2. The first kappa shape index (κ1) is 13.4. The molecule has 0 amide bonds. The first-order valence-corrected chi connectivity index (χ1v) is 7.68. The monoisotopic (exact) mass is 278 g/mol. The van der Waals surface area contributed by atoms with Crippen LogP contribution in [0.4, 0.5) is 0 Å². The van der Waals surface area contributed by atoms with Gasteiger partial charge in [0, 0.05) is 24.7 Å². The van der Waals surface area contributed by atoms with E-state index in [1.807, 2.05) is 12.1 Å². The molecule has 0 bridgehead atoms. The van der Waals surface area contributed by atoms with E-state index in [1.54, 1.807) is 0 Å². The molecular weight excluding hydrogens is 256 g/mol. The summed E-state index contributed by atoms with van der Waals surface area (Å²) in [6.45, 7) is 6.14. The van der Waals surface area contributed by atoms with E-state index >= 15 is 0 Å². The number of nitrogens with zero attached hydrogens (tertiary/aromatic N) is 2. The number of benzene rings is 1. The van der Waals surface area contributed by atoms with Crippen molar-refractivity contribution in [2.45, 2.75) is 25.8 Å². The van der Waals surface area contributed by atoms with Crippen molar-refractivity contribution < 1.29 is 0 Å². The molecule has 1 spiro atoms. The summed E-state index contributed by atoms with van der Waals surface area (Å²) in [5, 5.41) is 0.829. The van der Waals surface area contributed by atoms with Crippen molar-refractivity contribution in [2.75, 3.05) is 33.2 Å². The Labute approximate surface area is 121 Å². The predicted molar refractivity (Wildman–Crippen MR) is 80.5 cm³/mol. The first-order valence-electron chi connectivity index (χ1n) is 7.31. The highest BCUT2D eigenvalue weighted by molar-refractivity contribution is 6.30. The molecule has 2 aliphatic rings. The first-order chi connectivity index (χ1) is 9.15. The van der Waals surface area contributed by atoms with Gasteiger partial charge in [-0.05, 0) is 62.5 Å². The SMILES string of the molecule is CN1CCC[C@]2(CCN(Cc3ccc(Cl)cc3)C2)C1. The van der Waals surface area contributed by atoms with Crippen LogP contribution in [0.2, 0.25) is 5.02 Å². The largest absolute Gasteiger partial charge is 0.306 e. The standard InChI is InChI=1S/C16H23ClN2/c1-18-9-2-7-16(12-18)8-10-19(13-16)11-14-3-5-15(17)6-4-14/h3-6H,2,7-13H2,1H3/t16-/m0/s1. The molecule has 2 heterocycles. The second-order valence-corrected chi connectivity index (χ2v) is 6.86. The van der Waals surface area contributed by atoms with E-state index in [-0.39, 0.29) is 0 Å². The zero-order chi connectivity index (χ0) is 13.3. The van der Waals surface area contributed by atoms with E-state index in [0.717, 1.165) is 11.6 Å². The highest BCUT2D eigenvalue weighted by atomic mass is 35.5. The molecule has 0 aromatic heterocycles. The number of halogens is 1. The molecule has 2 fully saturated rings. The number of piperidine rings is 1. The summed E-state index contributed by atoms with van der Waals surface area (Å²) in [4.78, 5) is 5.12. The quantitative estimate of drug-likeness (QED) is 0.819. The Morgan fingerprint density at radius 2 is 1.89 bits per heavy atom. The normalized spacial score (nSPS) is 29.2. The van der Waals surface area contributed by atoms with Crippen molar-refractivity contribution in [3.05, 3.63) is 34.9 Å². The van der Waals surface area contributed by atoms with Gasteiger partial charge in [-0.15, -0.1) is 0 Å². The van der Waals surface area contributed by atoms with Gasteiger partial charge >= 0.3 is 0 Å². The number of likely N-dealkylation sites (tertiary alicyclic amines) is 2. The second-order valence-electron chi connectivity index (χ2n) is 6.43. The summed E-state index contributed by atoms with van der Waals surface area (Å²) < 4.78 is 0. The van der Waals surface area contributed by atoms with Gasteiger partial charge in [0.15, 0.2) is 0 Å². The Hall–Kier alpha value is -0.570. The molecule has 1 aromatic rings. The topological polar surface area (TPSA) is 6.48 Å². The van der Waals surface area contributed by atoms with Crippen LogP contribution in [0.15, 0.2) is 24.3 Å². The molecule has 0 N–H and O–H groups in total. The van der Waals surface area contributed by atoms with Crippen LogP contribution in [0, 0.1) is 5.41 Å². The maximum Gasteiger partial charge on any atom is 0.0406 e. The molecule has 2 nitrogen and oxygen atoms in total. The number of rotatable bonds is 2. The molecule has 0 radical (unpaired) electrons. The fraction of sp³-hybridized carbons (Fsp3) is 0.625. The van der Waals surface area contributed by atoms with Crippen LogP contribution in [0.1, 0.15) is 24.8 Å². The minimum absolute atomic E-state index is 0.569. The Balaban J connectivity index is 1.61. The molecule has 0 aliphatic carbocycles. The maximum atomic E-state index is 5.94. The molecule has 0 unspecified atom stereocenters. The van der Waals surface area contributed by atoms with Gasteiger partial charge in [-0.25, -0.2) is 0 Å². The molecule has 3 rings (SSSR count). The number of hydrogen-bond donors (Lipinski definition) is 0. The average molecular weight is 279 g/mol. The molecule has 104 valence electrons. The smallest absolute Gasteiger partial charge is 0.0406 e. The third-order valence-corrected chi connectivity index (χ3v) is 4.94. The van der Waals surface area contributed by atoms with Crippen molar-refractivity contribution in [3.63, 3.8) is 0 Å². The van der Waals surface area contributed by atoms with Gasteiger partial charge in [-0.1, -0.05) is 23.7 Å². The van der Waals surface area contributed by atoms with Crippen LogP contribution in [0.5, 0.6) is 0 Å². The second kappa shape index (κ2) is 5.43. The summed E-state index contributed by atoms with van der Waals surface area (Å²) in [6, 6.07) is 8.30. The molecule has 2 aliphatic heterocycles. The minimum atomic E-state index is 0.569. The van der Waals surface area contributed by atoms with Crippen molar-refractivity contribution in [3.8, 4) is 0 Å². The molecule has 1 atom stereocenters. The lowest BCUT2D eigenvalue weighted by Gasteiger charge is -2.38. The molecule has 2 saturated heterocycles. The van der Waals surface area contributed by atoms with Crippen LogP contribution < -0.4 is 0 Å². The summed E-state index contributed by atoms with van der Waals surface area (Å²) in [5.74, 6) is 0. The average Bonchev–Trinajstić information content (AvgIpc) is 2.75. The lowest BCUT2D eigenvalue weighted by Crippen LogP contribution is -2.42. The van der Waals surface area contributed by atoms with E-state index in [4.69, 9.17) is 11.6 Å². The third kappa shape index (κ3) is 3.13. The van der Waals surface area contributed by atoms with Gasteiger partial charge in [-0.2, -0.15) is 0 Å². The lowest BCUT2D eigenvalue weighted by atomic mass is 9.79. The van der Waals surface area contributed by atoms with Gasteiger partial charge < -0.3 is 4.90 Å².